The van der Waals surface area contributed by atoms with E-state index in [1.807, 2.05) is 0 Å². The number of carbonyl (C=O) groups excluding carboxylic acids is 1. The maximum atomic E-state index is 11.4. The third kappa shape index (κ3) is 9.10. The summed E-state index contributed by atoms with van der Waals surface area (Å²) in [5.41, 5.74) is 1.01. The Morgan fingerprint density at radius 2 is 2.06 bits per heavy atom. The van der Waals surface area contributed by atoms with Crippen LogP contribution < -0.4 is 5.32 Å². The standard InChI is InChI=1S/C10H13N2O.C2H5.V.W.Y/c1-4-9-6-8(7-12(9)3)10(13)11-5-2;1-2;;;/h7H,1-2,4-5H2,3H3,(H,11,13);1H2,2H3;;;/q-3;-1;;+2;/i7T;;;;. The van der Waals surface area contributed by atoms with Gasteiger partial charge in [0.1, 0.15) is 5.91 Å². The first-order valence-electron chi connectivity index (χ1n) is 5.26. The van der Waals surface area contributed by atoms with Gasteiger partial charge in [0, 0.05) is 51.3 Å². The largest absolute Gasteiger partial charge is 2.00 e. The van der Waals surface area contributed by atoms with Gasteiger partial charge in [0.2, 0.25) is 0 Å². The van der Waals surface area contributed by atoms with E-state index in [9.17, 15) is 4.79 Å². The second-order valence-electron chi connectivity index (χ2n) is 2.62. The number of hydrogen-bond donors (Lipinski definition) is 1. The second kappa shape index (κ2) is 16.2. The summed E-state index contributed by atoms with van der Waals surface area (Å²) >= 11 is 0. The Bertz CT molecular complexity index is 362. The van der Waals surface area contributed by atoms with Crippen LogP contribution in [-0.2, 0) is 85.8 Å². The number of nitrogens with zero attached hydrogens (tertiary/aromatic N) is 1. The molecule has 18 heavy (non-hydrogen) atoms. The number of rotatable bonds is 3. The molecule has 1 aromatic heterocycles. The molecule has 0 bridgehead atoms. The Labute approximate surface area is 164 Å². The molecule has 3 nitrogen and oxygen atoms in total. The average Bonchev–Trinajstić information content (AvgIpc) is 2.59. The van der Waals surface area contributed by atoms with E-state index >= 15 is 0 Å². The van der Waals surface area contributed by atoms with Gasteiger partial charge in [0.15, 0.2) is 0 Å². The molecule has 0 aliphatic carbocycles. The molecule has 1 N–H and O–H groups in total. The van der Waals surface area contributed by atoms with Crippen molar-refractivity contribution in [3.63, 3.8) is 0 Å². The molecule has 1 aromatic rings. The predicted molar refractivity (Wildman–Crippen MR) is 62.0 cm³/mol. The van der Waals surface area contributed by atoms with E-state index in [0.29, 0.717) is 13.0 Å². The van der Waals surface area contributed by atoms with Crippen molar-refractivity contribution in [2.45, 2.75) is 13.3 Å². The van der Waals surface area contributed by atoms with Gasteiger partial charge in [-0.3, -0.25) is 0 Å². The predicted octanol–water partition coefficient (Wildman–Crippen LogP) is 1.60. The van der Waals surface area contributed by atoms with E-state index < -0.39 is 0 Å². The van der Waals surface area contributed by atoms with Crippen molar-refractivity contribution in [2.75, 3.05) is 6.54 Å². The molecule has 1 heterocycles. The van der Waals surface area contributed by atoms with E-state index in [0.717, 1.165) is 5.69 Å². The summed E-state index contributed by atoms with van der Waals surface area (Å²) in [7, 11) is 1.72. The number of amides is 1. The molecule has 0 unspecified atom stereocenters. The van der Waals surface area contributed by atoms with Crippen LogP contribution in [0.15, 0.2) is 6.17 Å². The van der Waals surface area contributed by atoms with Gasteiger partial charge in [-0.15, -0.1) is 12.1 Å². The first-order valence-corrected chi connectivity index (χ1v) is 4.76. The Morgan fingerprint density at radius 1 is 1.56 bits per heavy atom. The zero-order chi connectivity index (χ0) is 12.7. The summed E-state index contributed by atoms with van der Waals surface area (Å²) in [6.07, 6.45) is 0.676. The topological polar surface area (TPSA) is 34.0 Å². The fourth-order valence-corrected chi connectivity index (χ4v) is 1.03. The Kier molecular flexibility index (Phi) is 21.7. The van der Waals surface area contributed by atoms with Crippen LogP contribution in [0.2, 0.25) is 0 Å². The molecule has 0 atom stereocenters. The zero-order valence-electron chi connectivity index (χ0n) is 11.8. The fourth-order valence-electron chi connectivity index (χ4n) is 1.03. The molecule has 0 aromatic carbocycles. The number of hydrogen-bond acceptors (Lipinski definition) is 1. The van der Waals surface area contributed by atoms with Crippen molar-refractivity contribution >= 4 is 5.91 Å². The number of carbonyl (C=O) groups is 1. The first-order chi connectivity index (χ1) is 7.61. The van der Waals surface area contributed by atoms with Crippen molar-refractivity contribution in [3.8, 4) is 0 Å². The Balaban J connectivity index is -0.000000214. The summed E-state index contributed by atoms with van der Waals surface area (Å²) in [6, 6.07) is 2.86. The molecule has 98 valence electrons. The van der Waals surface area contributed by atoms with Crippen LogP contribution >= 0.6 is 0 Å². The Morgan fingerprint density at radius 3 is 2.39 bits per heavy atom. The van der Waals surface area contributed by atoms with E-state index in [-0.39, 0.29) is 90.0 Å². The second-order valence-corrected chi connectivity index (χ2v) is 2.62. The normalized spacial score (nSPS) is 8.39. The molecule has 0 saturated heterocycles. The number of nitrogens with one attached hydrogen (secondary N) is 1. The molecule has 0 saturated carbocycles. The van der Waals surface area contributed by atoms with Gasteiger partial charge in [-0.05, 0) is 8.42 Å². The van der Waals surface area contributed by atoms with Gasteiger partial charge in [-0.25, -0.2) is 0 Å². The van der Waals surface area contributed by atoms with Gasteiger partial charge in [-0.2, -0.15) is 19.4 Å². The van der Waals surface area contributed by atoms with Crippen LogP contribution in [0, 0.1) is 26.8 Å². The Hall–Kier alpha value is 1.13. The maximum absolute atomic E-state index is 11.4. The third-order valence-electron chi connectivity index (χ3n) is 1.70. The summed E-state index contributed by atoms with van der Waals surface area (Å²) in [5.74, 6) is -0.305. The van der Waals surface area contributed by atoms with Crippen LogP contribution in [0.4, 0.5) is 0 Å². The quantitative estimate of drug-likeness (QED) is 0.591. The van der Waals surface area contributed by atoms with Crippen molar-refractivity contribution in [3.05, 3.63) is 44.3 Å². The third-order valence-corrected chi connectivity index (χ3v) is 1.70. The minimum Gasteiger partial charge on any atom is -0.433 e. The van der Waals surface area contributed by atoms with E-state index in [1.165, 1.54) is 0 Å². The van der Waals surface area contributed by atoms with E-state index in [2.05, 4.69) is 32.2 Å². The molecule has 6 heteroatoms. The summed E-state index contributed by atoms with van der Waals surface area (Å²) in [6.45, 7) is 12.5. The molecule has 0 aliphatic heterocycles. The van der Waals surface area contributed by atoms with Crippen molar-refractivity contribution in [1.82, 2.24) is 9.88 Å². The monoisotopic (exact) mass is 532 g/mol. The average molecular weight is 532 g/mol. The summed E-state index contributed by atoms with van der Waals surface area (Å²) < 4.78 is 9.25. The van der Waals surface area contributed by atoms with Crippen LogP contribution in [0.1, 0.15) is 24.3 Å². The molecule has 2 radical (unpaired) electrons. The van der Waals surface area contributed by atoms with Crippen molar-refractivity contribution in [2.24, 2.45) is 7.05 Å². The molecule has 0 spiro atoms. The van der Waals surface area contributed by atoms with Crippen LogP contribution in [0.5, 0.6) is 0 Å². The van der Waals surface area contributed by atoms with Crippen LogP contribution in [0.3, 0.4) is 0 Å². The maximum Gasteiger partial charge on any atom is 2.00 e. The summed E-state index contributed by atoms with van der Waals surface area (Å²) in [4.78, 5) is 11.4. The first kappa shape index (κ1) is 24.2. The molecule has 1 amide bonds. The molecular weight excluding hydrogens is 512 g/mol. The van der Waals surface area contributed by atoms with Crippen LogP contribution in [-0.4, -0.2) is 17.0 Å². The van der Waals surface area contributed by atoms with Gasteiger partial charge in [0.25, 0.3) is 0 Å². The van der Waals surface area contributed by atoms with Gasteiger partial charge in [-0.1, -0.05) is 11.9 Å². The SMILES string of the molecule is [3H]c1c(C(=O)NC[CH2-])[c-]c(C[CH2-])n1C.[CH2-]C.[V].[W+2].[Y]. The zero-order valence-corrected chi connectivity index (χ0v) is 18.0. The fraction of sp³-hybridized carbons (Fsp3) is 0.333. The minimum atomic E-state index is -0.305. The number of aromatic nitrogens is 1. The smallest absolute Gasteiger partial charge is 0.433 e. The molecule has 1 rings (SSSR count). The van der Waals surface area contributed by atoms with Crippen molar-refractivity contribution < 1.29 is 78.5 Å². The van der Waals surface area contributed by atoms with E-state index in [1.54, 1.807) is 18.5 Å². The summed E-state index contributed by atoms with van der Waals surface area (Å²) in [5, 5.41) is 2.53. The van der Waals surface area contributed by atoms with Gasteiger partial charge < -0.3 is 35.4 Å². The van der Waals surface area contributed by atoms with Gasteiger partial charge in [0.05, 0.1) is 0 Å². The van der Waals surface area contributed by atoms with E-state index in [4.69, 9.17) is 1.37 Å². The van der Waals surface area contributed by atoms with Gasteiger partial charge >= 0.3 is 21.1 Å². The van der Waals surface area contributed by atoms with Crippen molar-refractivity contribution in [1.29, 1.82) is 0 Å². The molecular formula is C12H18N2OVWY-2. The van der Waals surface area contributed by atoms with Crippen LogP contribution in [0.25, 0.3) is 0 Å². The molecule has 0 aliphatic rings. The minimum absolute atomic E-state index is 0. The molecule has 0 fully saturated rings.